The lowest BCUT2D eigenvalue weighted by Gasteiger charge is -2.00. The molecule has 0 saturated heterocycles. The van der Waals surface area contributed by atoms with Crippen molar-refractivity contribution in [1.29, 1.82) is 0 Å². The minimum absolute atomic E-state index is 0.153. The minimum Gasteiger partial charge on any atom is -0.384 e. The molecule has 2 aromatic heterocycles. The van der Waals surface area contributed by atoms with E-state index >= 15 is 0 Å². The smallest absolute Gasteiger partial charge is 0.323 e. The highest BCUT2D eigenvalue weighted by Crippen LogP contribution is 2.20. The van der Waals surface area contributed by atoms with Crippen LogP contribution in [0.4, 0.5) is 10.9 Å². The second kappa shape index (κ2) is 6.17. The Morgan fingerprint density at radius 2 is 2.38 bits per heavy atom. The number of carbonyl (C=O) groups is 1. The molecule has 108 valence electrons. The summed E-state index contributed by atoms with van der Waals surface area (Å²) >= 11 is 1.14. The van der Waals surface area contributed by atoms with Gasteiger partial charge < -0.3 is 15.2 Å². The van der Waals surface area contributed by atoms with Crippen LogP contribution < -0.4 is 5.32 Å². The Hall–Kier alpha value is -2.70. The quantitative estimate of drug-likeness (QED) is 0.499. The number of aromatic nitrogens is 2. The Balaban J connectivity index is 2.15. The molecule has 0 saturated carbocycles. The molecule has 0 bridgehead atoms. The monoisotopic (exact) mass is 306 g/mol. The molecule has 0 aliphatic heterocycles. The maximum absolute atomic E-state index is 12.0. The van der Waals surface area contributed by atoms with Crippen LogP contribution in [0.15, 0.2) is 18.3 Å². The first-order valence-corrected chi connectivity index (χ1v) is 6.51. The summed E-state index contributed by atoms with van der Waals surface area (Å²) < 4.78 is 1.19. The van der Waals surface area contributed by atoms with Crippen LogP contribution in [0.25, 0.3) is 0 Å². The van der Waals surface area contributed by atoms with Crippen molar-refractivity contribution in [3.8, 4) is 11.8 Å². The SMILES string of the molecule is Cn1c(C(=O)Nc2ncc(C#CCO)s2)ccc1[N+](=O)[O-]. The first kappa shape index (κ1) is 14.7. The van der Waals surface area contributed by atoms with Crippen molar-refractivity contribution < 1.29 is 14.8 Å². The molecule has 0 spiro atoms. The molecule has 0 aliphatic carbocycles. The molecule has 2 rings (SSSR count). The molecular weight excluding hydrogens is 296 g/mol. The second-order valence-corrected chi connectivity index (χ2v) is 4.87. The number of carbonyl (C=O) groups excluding carboxylic acids is 1. The zero-order valence-corrected chi connectivity index (χ0v) is 11.7. The van der Waals surface area contributed by atoms with Crippen LogP contribution in [-0.4, -0.2) is 32.1 Å². The first-order chi connectivity index (χ1) is 10.0. The van der Waals surface area contributed by atoms with Crippen molar-refractivity contribution in [2.24, 2.45) is 7.05 Å². The Morgan fingerprint density at radius 1 is 1.62 bits per heavy atom. The van der Waals surface area contributed by atoms with E-state index in [2.05, 4.69) is 22.1 Å². The average molecular weight is 306 g/mol. The van der Waals surface area contributed by atoms with Crippen LogP contribution in [0.5, 0.6) is 0 Å². The number of aliphatic hydroxyl groups excluding tert-OH is 1. The molecule has 0 radical (unpaired) electrons. The van der Waals surface area contributed by atoms with Gasteiger partial charge in [0.2, 0.25) is 0 Å². The molecule has 0 unspecified atom stereocenters. The van der Waals surface area contributed by atoms with Crippen LogP contribution in [0.2, 0.25) is 0 Å². The molecule has 0 aromatic carbocycles. The summed E-state index contributed by atoms with van der Waals surface area (Å²) in [4.78, 5) is 26.8. The number of anilines is 1. The summed E-state index contributed by atoms with van der Waals surface area (Å²) in [7, 11) is 1.44. The van der Waals surface area contributed by atoms with E-state index < -0.39 is 10.8 Å². The Labute approximate surface area is 123 Å². The normalized spacial score (nSPS) is 9.81. The molecular formula is C12H10N4O4S. The van der Waals surface area contributed by atoms with Crippen LogP contribution in [0.3, 0.4) is 0 Å². The van der Waals surface area contributed by atoms with Gasteiger partial charge in [-0.3, -0.25) is 10.1 Å². The minimum atomic E-state index is -0.567. The summed E-state index contributed by atoms with van der Waals surface area (Å²) in [6, 6.07) is 2.63. The van der Waals surface area contributed by atoms with Gasteiger partial charge in [-0.25, -0.2) is 9.55 Å². The summed E-state index contributed by atoms with van der Waals surface area (Å²) in [5.74, 6) is 4.47. The predicted octanol–water partition coefficient (Wildman–Crippen LogP) is 0.986. The molecule has 2 aromatic rings. The van der Waals surface area contributed by atoms with E-state index in [4.69, 9.17) is 5.11 Å². The van der Waals surface area contributed by atoms with Gasteiger partial charge in [0.25, 0.3) is 5.91 Å². The number of thiazole rings is 1. The number of hydrogen-bond donors (Lipinski definition) is 2. The number of nitrogens with one attached hydrogen (secondary N) is 1. The van der Waals surface area contributed by atoms with Crippen molar-refractivity contribution in [2.45, 2.75) is 0 Å². The third-order valence-electron chi connectivity index (χ3n) is 2.53. The Kier molecular flexibility index (Phi) is 4.32. The molecule has 21 heavy (non-hydrogen) atoms. The number of amides is 1. The van der Waals surface area contributed by atoms with E-state index in [-0.39, 0.29) is 18.1 Å². The van der Waals surface area contributed by atoms with Crippen molar-refractivity contribution in [3.05, 3.63) is 39.0 Å². The Morgan fingerprint density at radius 3 is 3.00 bits per heavy atom. The highest BCUT2D eigenvalue weighted by molar-refractivity contribution is 7.16. The lowest BCUT2D eigenvalue weighted by atomic mass is 10.4. The third-order valence-corrected chi connectivity index (χ3v) is 3.36. The van der Waals surface area contributed by atoms with Gasteiger partial charge in [0.1, 0.15) is 6.61 Å². The van der Waals surface area contributed by atoms with Crippen LogP contribution in [-0.2, 0) is 7.05 Å². The van der Waals surface area contributed by atoms with Gasteiger partial charge in [-0.2, -0.15) is 0 Å². The predicted molar refractivity (Wildman–Crippen MR) is 76.1 cm³/mol. The van der Waals surface area contributed by atoms with Gasteiger partial charge >= 0.3 is 5.82 Å². The molecule has 2 N–H and O–H groups in total. The first-order valence-electron chi connectivity index (χ1n) is 5.70. The lowest BCUT2D eigenvalue weighted by molar-refractivity contribution is -0.391. The van der Waals surface area contributed by atoms with E-state index in [9.17, 15) is 14.9 Å². The molecule has 0 aliphatic rings. The molecule has 0 atom stereocenters. The number of nitrogens with zero attached hydrogens (tertiary/aromatic N) is 3. The summed E-state index contributed by atoms with van der Waals surface area (Å²) in [5, 5.41) is 22.2. The standard InChI is InChI=1S/C12H10N4O4S/c1-15-9(4-5-10(15)16(19)20)11(18)14-12-13-7-8(21-12)3-2-6-17/h4-5,7,17H,6H2,1H3,(H,13,14,18). The van der Waals surface area contributed by atoms with E-state index in [1.54, 1.807) is 0 Å². The van der Waals surface area contributed by atoms with E-state index in [0.717, 1.165) is 11.3 Å². The van der Waals surface area contributed by atoms with Crippen molar-refractivity contribution in [1.82, 2.24) is 9.55 Å². The van der Waals surface area contributed by atoms with Gasteiger partial charge in [0, 0.05) is 6.07 Å². The van der Waals surface area contributed by atoms with Gasteiger partial charge in [-0.15, -0.1) is 0 Å². The summed E-state index contributed by atoms with van der Waals surface area (Å²) in [6.45, 7) is -0.257. The number of hydrogen-bond acceptors (Lipinski definition) is 6. The number of nitro groups is 1. The fourth-order valence-corrected chi connectivity index (χ4v) is 2.28. The number of rotatable bonds is 3. The van der Waals surface area contributed by atoms with Gasteiger partial charge in [-0.1, -0.05) is 23.2 Å². The summed E-state index contributed by atoms with van der Waals surface area (Å²) in [5.41, 5.74) is 0.153. The third kappa shape index (κ3) is 3.25. The van der Waals surface area contributed by atoms with Crippen molar-refractivity contribution in [2.75, 3.05) is 11.9 Å². The Bertz CT molecular complexity index is 753. The van der Waals surface area contributed by atoms with Crippen LogP contribution in [0, 0.1) is 22.0 Å². The molecule has 9 heteroatoms. The van der Waals surface area contributed by atoms with Gasteiger partial charge in [-0.05, 0) is 11.0 Å². The van der Waals surface area contributed by atoms with Crippen molar-refractivity contribution >= 4 is 28.2 Å². The van der Waals surface area contributed by atoms with Crippen LogP contribution >= 0.6 is 11.3 Å². The number of aliphatic hydroxyl groups is 1. The van der Waals surface area contributed by atoms with Gasteiger partial charge in [0.15, 0.2) is 10.8 Å². The highest BCUT2D eigenvalue weighted by Gasteiger charge is 2.21. The van der Waals surface area contributed by atoms with E-state index in [1.165, 1.54) is 29.9 Å². The lowest BCUT2D eigenvalue weighted by Crippen LogP contribution is -2.16. The van der Waals surface area contributed by atoms with Gasteiger partial charge in [0.05, 0.1) is 18.1 Å². The molecule has 1 amide bonds. The zero-order valence-electron chi connectivity index (χ0n) is 10.9. The molecule has 0 fully saturated rings. The molecule has 8 nitrogen and oxygen atoms in total. The average Bonchev–Trinajstić information content (AvgIpc) is 3.03. The maximum atomic E-state index is 12.0. The largest absolute Gasteiger partial charge is 0.384 e. The summed E-state index contributed by atoms with van der Waals surface area (Å²) in [6.07, 6.45) is 1.47. The topological polar surface area (TPSA) is 110 Å². The highest BCUT2D eigenvalue weighted by atomic mass is 32.1. The van der Waals surface area contributed by atoms with Crippen molar-refractivity contribution in [3.63, 3.8) is 0 Å². The fourth-order valence-electron chi connectivity index (χ4n) is 1.59. The molecule has 2 heterocycles. The second-order valence-electron chi connectivity index (χ2n) is 3.84. The maximum Gasteiger partial charge on any atom is 0.323 e. The van der Waals surface area contributed by atoms with E-state index in [1.807, 2.05) is 0 Å². The van der Waals surface area contributed by atoms with E-state index in [0.29, 0.717) is 10.0 Å². The zero-order chi connectivity index (χ0) is 15.4. The van der Waals surface area contributed by atoms with Crippen LogP contribution in [0.1, 0.15) is 15.4 Å². The fraction of sp³-hybridized carbons (Fsp3) is 0.167.